The molecule has 0 radical (unpaired) electrons. The van der Waals surface area contributed by atoms with Crippen molar-refractivity contribution in [1.29, 1.82) is 0 Å². The second-order valence-corrected chi connectivity index (χ2v) is 5.28. The van der Waals surface area contributed by atoms with Crippen molar-refractivity contribution in [3.05, 3.63) is 58.6 Å². The van der Waals surface area contributed by atoms with Crippen molar-refractivity contribution < 1.29 is 9.53 Å². The Morgan fingerprint density at radius 1 is 1.30 bits per heavy atom. The lowest BCUT2D eigenvalue weighted by molar-refractivity contribution is -0.122. The highest BCUT2D eigenvalue weighted by Crippen LogP contribution is 2.29. The number of fused-ring (bicyclic) bond motifs is 1. The molecule has 102 valence electrons. The van der Waals surface area contributed by atoms with E-state index in [1.165, 1.54) is 0 Å². The molecule has 3 rings (SSSR count). The lowest BCUT2D eigenvalue weighted by atomic mass is 10.1. The van der Waals surface area contributed by atoms with Gasteiger partial charge in [0.2, 0.25) is 0 Å². The first kappa shape index (κ1) is 13.0. The summed E-state index contributed by atoms with van der Waals surface area (Å²) in [6, 6.07) is 13.2. The van der Waals surface area contributed by atoms with Crippen molar-refractivity contribution in [2.45, 2.75) is 19.4 Å². The van der Waals surface area contributed by atoms with Crippen LogP contribution < -0.4 is 10.1 Å². The van der Waals surface area contributed by atoms with E-state index in [0.29, 0.717) is 17.1 Å². The largest absolute Gasteiger partial charge is 0.480 e. The van der Waals surface area contributed by atoms with Gasteiger partial charge in [-0.15, -0.1) is 0 Å². The third-order valence-electron chi connectivity index (χ3n) is 3.38. The molecule has 4 heteroatoms. The summed E-state index contributed by atoms with van der Waals surface area (Å²) in [7, 11) is 0. The number of para-hydroxylation sites is 1. The van der Waals surface area contributed by atoms with Gasteiger partial charge in [0.25, 0.3) is 5.91 Å². The van der Waals surface area contributed by atoms with Crippen LogP contribution >= 0.6 is 11.6 Å². The molecule has 3 nitrogen and oxygen atoms in total. The van der Waals surface area contributed by atoms with Crippen molar-refractivity contribution in [3.8, 4) is 5.75 Å². The summed E-state index contributed by atoms with van der Waals surface area (Å²) in [6.07, 6.45) is 0.120. The molecule has 1 aliphatic heterocycles. The van der Waals surface area contributed by atoms with Crippen LogP contribution in [0.25, 0.3) is 0 Å². The maximum absolute atomic E-state index is 12.2. The van der Waals surface area contributed by atoms with Crippen LogP contribution in [0.2, 0.25) is 5.02 Å². The highest BCUT2D eigenvalue weighted by atomic mass is 35.5. The molecular formula is C16H14ClNO2. The van der Waals surface area contributed by atoms with E-state index in [2.05, 4.69) is 5.32 Å². The third kappa shape index (κ3) is 2.49. The Bertz CT molecular complexity index is 644. The topological polar surface area (TPSA) is 38.3 Å². The maximum Gasteiger partial charge on any atom is 0.265 e. The minimum atomic E-state index is -0.479. The highest BCUT2D eigenvalue weighted by molar-refractivity contribution is 6.31. The molecule has 1 amide bonds. The van der Waals surface area contributed by atoms with E-state index in [4.69, 9.17) is 16.3 Å². The number of hydrogen-bond acceptors (Lipinski definition) is 2. The zero-order chi connectivity index (χ0) is 14.1. The normalized spacial score (nSPS) is 16.4. The van der Waals surface area contributed by atoms with E-state index in [1.54, 1.807) is 6.07 Å². The van der Waals surface area contributed by atoms with E-state index in [1.807, 2.05) is 43.3 Å². The van der Waals surface area contributed by atoms with Gasteiger partial charge in [-0.25, -0.2) is 0 Å². The van der Waals surface area contributed by atoms with Crippen molar-refractivity contribution in [2.24, 2.45) is 0 Å². The number of anilines is 1. The van der Waals surface area contributed by atoms with Crippen molar-refractivity contribution in [1.82, 2.24) is 0 Å². The molecule has 0 spiro atoms. The molecule has 0 saturated carbocycles. The standard InChI is InChI=1S/C16H14ClNO2/c1-10-6-7-12(9-13(10)17)18-16(19)15-8-11-4-2-3-5-14(11)20-15/h2-7,9,15H,8H2,1H3,(H,18,19). The van der Waals surface area contributed by atoms with Gasteiger partial charge in [-0.05, 0) is 36.2 Å². The monoisotopic (exact) mass is 287 g/mol. The molecule has 0 saturated heterocycles. The van der Waals surface area contributed by atoms with Gasteiger partial charge >= 0.3 is 0 Å². The molecule has 0 bridgehead atoms. The Morgan fingerprint density at radius 2 is 2.10 bits per heavy atom. The zero-order valence-corrected chi connectivity index (χ0v) is 11.8. The van der Waals surface area contributed by atoms with Gasteiger partial charge in [-0.1, -0.05) is 35.9 Å². The molecule has 2 aromatic rings. The van der Waals surface area contributed by atoms with Gasteiger partial charge in [0.05, 0.1) is 0 Å². The molecular weight excluding hydrogens is 274 g/mol. The molecule has 2 aromatic carbocycles. The average molecular weight is 288 g/mol. The predicted octanol–water partition coefficient (Wildman–Crippen LogP) is 3.59. The number of nitrogens with one attached hydrogen (secondary N) is 1. The molecule has 1 unspecified atom stereocenters. The van der Waals surface area contributed by atoms with Crippen molar-refractivity contribution >= 4 is 23.2 Å². The van der Waals surface area contributed by atoms with Gasteiger partial charge in [0.1, 0.15) is 5.75 Å². The summed E-state index contributed by atoms with van der Waals surface area (Å²) in [5.74, 6) is 0.635. The quantitative estimate of drug-likeness (QED) is 0.917. The molecule has 1 aliphatic rings. The van der Waals surface area contributed by atoms with Gasteiger partial charge < -0.3 is 10.1 Å². The SMILES string of the molecule is Cc1ccc(NC(=O)C2Cc3ccccc3O2)cc1Cl. The van der Waals surface area contributed by atoms with Gasteiger partial charge in [-0.3, -0.25) is 4.79 Å². The van der Waals surface area contributed by atoms with E-state index in [9.17, 15) is 4.79 Å². The van der Waals surface area contributed by atoms with Gasteiger partial charge in [0, 0.05) is 17.1 Å². The Kier molecular flexibility index (Phi) is 3.36. The highest BCUT2D eigenvalue weighted by Gasteiger charge is 2.28. The van der Waals surface area contributed by atoms with Crippen LogP contribution in [0.4, 0.5) is 5.69 Å². The number of benzene rings is 2. The lowest BCUT2D eigenvalue weighted by Crippen LogP contribution is -2.31. The van der Waals surface area contributed by atoms with Crippen LogP contribution in [0.15, 0.2) is 42.5 Å². The second kappa shape index (κ2) is 5.17. The molecule has 0 aromatic heterocycles. The van der Waals surface area contributed by atoms with Gasteiger partial charge in [0.15, 0.2) is 6.10 Å². The fourth-order valence-electron chi connectivity index (χ4n) is 2.22. The number of amides is 1. The maximum atomic E-state index is 12.2. The lowest BCUT2D eigenvalue weighted by Gasteiger charge is -2.12. The molecule has 20 heavy (non-hydrogen) atoms. The van der Waals surface area contributed by atoms with E-state index < -0.39 is 6.10 Å². The summed E-state index contributed by atoms with van der Waals surface area (Å²) in [4.78, 5) is 12.2. The van der Waals surface area contributed by atoms with Crippen LogP contribution in [0.5, 0.6) is 5.75 Å². The van der Waals surface area contributed by atoms with E-state index in [0.717, 1.165) is 16.9 Å². The second-order valence-electron chi connectivity index (χ2n) is 4.87. The fraction of sp³-hybridized carbons (Fsp3) is 0.188. The molecule has 1 heterocycles. The van der Waals surface area contributed by atoms with Crippen LogP contribution in [0.3, 0.4) is 0 Å². The van der Waals surface area contributed by atoms with Crippen LogP contribution in [-0.4, -0.2) is 12.0 Å². The summed E-state index contributed by atoms with van der Waals surface area (Å²) >= 11 is 6.05. The average Bonchev–Trinajstić information content (AvgIpc) is 2.87. The number of hydrogen-bond donors (Lipinski definition) is 1. The number of ether oxygens (including phenoxy) is 1. The number of rotatable bonds is 2. The van der Waals surface area contributed by atoms with Crippen molar-refractivity contribution in [2.75, 3.05) is 5.32 Å². The summed E-state index contributed by atoms with van der Waals surface area (Å²) in [5, 5.41) is 3.48. The smallest absolute Gasteiger partial charge is 0.265 e. The van der Waals surface area contributed by atoms with Crippen molar-refractivity contribution in [3.63, 3.8) is 0 Å². The summed E-state index contributed by atoms with van der Waals surface area (Å²) < 4.78 is 5.65. The first-order chi connectivity index (χ1) is 9.63. The fourth-order valence-corrected chi connectivity index (χ4v) is 2.40. The number of carbonyl (C=O) groups excluding carboxylic acids is 1. The zero-order valence-electron chi connectivity index (χ0n) is 11.0. The minimum Gasteiger partial charge on any atom is -0.480 e. The van der Waals surface area contributed by atoms with Crippen LogP contribution in [-0.2, 0) is 11.2 Å². The molecule has 0 fully saturated rings. The molecule has 1 atom stereocenters. The summed E-state index contributed by atoms with van der Waals surface area (Å²) in [6.45, 7) is 1.92. The summed E-state index contributed by atoms with van der Waals surface area (Å²) in [5.41, 5.74) is 2.73. The van der Waals surface area contributed by atoms with Crippen LogP contribution in [0.1, 0.15) is 11.1 Å². The van der Waals surface area contributed by atoms with E-state index >= 15 is 0 Å². The number of carbonyl (C=O) groups is 1. The Hall–Kier alpha value is -2.00. The van der Waals surface area contributed by atoms with E-state index in [-0.39, 0.29) is 5.91 Å². The van der Waals surface area contributed by atoms with Crippen LogP contribution in [0, 0.1) is 6.92 Å². The Morgan fingerprint density at radius 3 is 2.85 bits per heavy atom. The third-order valence-corrected chi connectivity index (χ3v) is 3.79. The molecule has 1 N–H and O–H groups in total. The Labute approximate surface area is 122 Å². The minimum absolute atomic E-state index is 0.152. The number of aryl methyl sites for hydroxylation is 1. The van der Waals surface area contributed by atoms with Gasteiger partial charge in [-0.2, -0.15) is 0 Å². The first-order valence-electron chi connectivity index (χ1n) is 6.45. The predicted molar refractivity (Wildman–Crippen MR) is 79.4 cm³/mol. The Balaban J connectivity index is 1.71. The molecule has 0 aliphatic carbocycles. The first-order valence-corrected chi connectivity index (χ1v) is 6.83. The number of halogens is 1.